The number of rotatable bonds is 0. The minimum atomic E-state index is 0.432. The van der Waals surface area contributed by atoms with E-state index in [1.165, 1.54) is 51.4 Å². The third-order valence-corrected chi connectivity index (χ3v) is 7.23. The van der Waals surface area contributed by atoms with Crippen molar-refractivity contribution in [2.75, 3.05) is 0 Å². The Morgan fingerprint density at radius 3 is 2.55 bits per heavy atom. The third kappa shape index (κ3) is 2.11. The van der Waals surface area contributed by atoms with Gasteiger partial charge in [-0.05, 0) is 81.0 Å². The molecule has 0 aliphatic heterocycles. The second-order valence-electron chi connectivity index (χ2n) is 8.67. The standard InChI is InChI=1S/C20H32/c1-14-7-6-11-20(5)12-10-17-15(2)8-9-16(13-18(14)20)19(17,3)4/h16,18H,1,6-13H2,2-5H3/t16?,18?,20-/m0/s1. The highest BCUT2D eigenvalue weighted by molar-refractivity contribution is 5.27. The van der Waals surface area contributed by atoms with Crippen molar-refractivity contribution in [2.45, 2.75) is 79.1 Å². The van der Waals surface area contributed by atoms with Gasteiger partial charge in [0.15, 0.2) is 0 Å². The van der Waals surface area contributed by atoms with E-state index in [1.54, 1.807) is 11.1 Å². The molecule has 0 aromatic rings. The lowest BCUT2D eigenvalue weighted by Gasteiger charge is -2.52. The minimum absolute atomic E-state index is 0.432. The Morgan fingerprint density at radius 1 is 1.05 bits per heavy atom. The molecule has 0 aromatic carbocycles. The fourth-order valence-electron chi connectivity index (χ4n) is 5.65. The van der Waals surface area contributed by atoms with E-state index in [4.69, 9.17) is 0 Å². The maximum absolute atomic E-state index is 4.47. The normalized spacial score (nSPS) is 40.9. The van der Waals surface area contributed by atoms with Gasteiger partial charge < -0.3 is 0 Å². The molecule has 112 valence electrons. The molecule has 3 atom stereocenters. The molecule has 3 rings (SSSR count). The molecule has 0 saturated heterocycles. The van der Waals surface area contributed by atoms with Crippen molar-refractivity contribution in [1.82, 2.24) is 0 Å². The average Bonchev–Trinajstić information content (AvgIpc) is 2.35. The molecule has 0 N–H and O–H groups in total. The van der Waals surface area contributed by atoms with Crippen LogP contribution in [0.25, 0.3) is 0 Å². The zero-order valence-corrected chi connectivity index (χ0v) is 14.0. The first kappa shape index (κ1) is 14.4. The molecule has 0 amide bonds. The van der Waals surface area contributed by atoms with Gasteiger partial charge in [-0.1, -0.05) is 44.1 Å². The average molecular weight is 272 g/mol. The van der Waals surface area contributed by atoms with Gasteiger partial charge in [0, 0.05) is 0 Å². The van der Waals surface area contributed by atoms with Gasteiger partial charge >= 0.3 is 0 Å². The number of allylic oxidation sites excluding steroid dienone is 3. The maximum atomic E-state index is 4.47. The molecular formula is C20H32. The smallest absolute Gasteiger partial charge is 0.0114 e. The van der Waals surface area contributed by atoms with E-state index in [2.05, 4.69) is 34.3 Å². The zero-order chi connectivity index (χ0) is 14.5. The summed E-state index contributed by atoms with van der Waals surface area (Å²) in [5.74, 6) is 1.67. The van der Waals surface area contributed by atoms with E-state index in [1.807, 2.05) is 5.57 Å². The topological polar surface area (TPSA) is 0 Å². The molecule has 0 heterocycles. The summed E-state index contributed by atoms with van der Waals surface area (Å²) in [6.45, 7) is 14.5. The predicted octanol–water partition coefficient (Wildman–Crippen LogP) is 6.29. The van der Waals surface area contributed by atoms with Crippen LogP contribution in [0.3, 0.4) is 0 Å². The largest absolute Gasteiger partial charge is 0.0996 e. The van der Waals surface area contributed by atoms with Crippen molar-refractivity contribution >= 4 is 0 Å². The quantitative estimate of drug-likeness (QED) is 0.455. The Labute approximate surface area is 125 Å². The van der Waals surface area contributed by atoms with E-state index in [-0.39, 0.29) is 0 Å². The monoisotopic (exact) mass is 272 g/mol. The summed E-state index contributed by atoms with van der Waals surface area (Å²) in [7, 11) is 0. The first-order valence-corrected chi connectivity index (χ1v) is 8.71. The molecule has 2 saturated carbocycles. The van der Waals surface area contributed by atoms with E-state index in [9.17, 15) is 0 Å². The van der Waals surface area contributed by atoms with E-state index in [0.29, 0.717) is 10.8 Å². The van der Waals surface area contributed by atoms with Crippen LogP contribution >= 0.6 is 0 Å². The van der Waals surface area contributed by atoms with Crippen LogP contribution < -0.4 is 0 Å². The predicted molar refractivity (Wildman–Crippen MR) is 87.6 cm³/mol. The first-order chi connectivity index (χ1) is 9.34. The van der Waals surface area contributed by atoms with Gasteiger partial charge in [-0.25, -0.2) is 0 Å². The molecule has 0 heteroatoms. The number of fused-ring (bicyclic) bond motifs is 3. The lowest BCUT2D eigenvalue weighted by atomic mass is 9.53. The molecule has 0 radical (unpaired) electrons. The molecule has 20 heavy (non-hydrogen) atoms. The molecular weight excluding hydrogens is 240 g/mol. The van der Waals surface area contributed by atoms with Gasteiger partial charge in [-0.2, -0.15) is 0 Å². The van der Waals surface area contributed by atoms with Crippen molar-refractivity contribution in [3.05, 3.63) is 23.3 Å². The number of hydrogen-bond donors (Lipinski definition) is 0. The summed E-state index contributed by atoms with van der Waals surface area (Å²) in [5, 5.41) is 0. The Balaban J connectivity index is 1.99. The molecule has 2 unspecified atom stereocenters. The van der Waals surface area contributed by atoms with E-state index < -0.39 is 0 Å². The van der Waals surface area contributed by atoms with E-state index in [0.717, 1.165) is 11.8 Å². The first-order valence-electron chi connectivity index (χ1n) is 8.71. The Morgan fingerprint density at radius 2 is 1.80 bits per heavy atom. The summed E-state index contributed by atoms with van der Waals surface area (Å²) in [6, 6.07) is 0. The van der Waals surface area contributed by atoms with Crippen LogP contribution in [0, 0.1) is 22.7 Å². The molecule has 3 aliphatic rings. The van der Waals surface area contributed by atoms with Gasteiger partial charge in [0.1, 0.15) is 0 Å². The second kappa shape index (κ2) is 4.75. The summed E-state index contributed by atoms with van der Waals surface area (Å²) < 4.78 is 0. The highest BCUT2D eigenvalue weighted by Gasteiger charge is 2.46. The van der Waals surface area contributed by atoms with Gasteiger partial charge in [0.05, 0.1) is 0 Å². The van der Waals surface area contributed by atoms with Crippen molar-refractivity contribution in [3.8, 4) is 0 Å². The Kier molecular flexibility index (Phi) is 3.42. The van der Waals surface area contributed by atoms with Crippen molar-refractivity contribution in [3.63, 3.8) is 0 Å². The van der Waals surface area contributed by atoms with Crippen LogP contribution in [0.1, 0.15) is 79.1 Å². The van der Waals surface area contributed by atoms with Gasteiger partial charge in [0.25, 0.3) is 0 Å². The van der Waals surface area contributed by atoms with Gasteiger partial charge in [-0.15, -0.1) is 0 Å². The third-order valence-electron chi connectivity index (χ3n) is 7.23. The van der Waals surface area contributed by atoms with Crippen LogP contribution in [-0.4, -0.2) is 0 Å². The molecule has 3 aliphatic carbocycles. The molecule has 2 bridgehead atoms. The minimum Gasteiger partial charge on any atom is -0.0996 e. The zero-order valence-electron chi connectivity index (χ0n) is 14.0. The summed E-state index contributed by atoms with van der Waals surface area (Å²) in [4.78, 5) is 0. The highest BCUT2D eigenvalue weighted by Crippen LogP contribution is 2.58. The van der Waals surface area contributed by atoms with Crippen molar-refractivity contribution in [2.24, 2.45) is 22.7 Å². The summed E-state index contributed by atoms with van der Waals surface area (Å²) >= 11 is 0. The van der Waals surface area contributed by atoms with Gasteiger partial charge in [-0.3, -0.25) is 0 Å². The lowest BCUT2D eigenvalue weighted by molar-refractivity contribution is 0.0696. The fourth-order valence-corrected chi connectivity index (χ4v) is 5.65. The van der Waals surface area contributed by atoms with Crippen LogP contribution in [0.4, 0.5) is 0 Å². The van der Waals surface area contributed by atoms with Crippen LogP contribution in [0.2, 0.25) is 0 Å². The molecule has 0 spiro atoms. The van der Waals surface area contributed by atoms with Crippen LogP contribution in [-0.2, 0) is 0 Å². The summed E-state index contributed by atoms with van der Waals surface area (Å²) in [6.07, 6.45) is 11.0. The Hall–Kier alpha value is -0.520. The molecule has 0 aromatic heterocycles. The Bertz CT molecular complexity index is 451. The van der Waals surface area contributed by atoms with Crippen LogP contribution in [0.15, 0.2) is 23.3 Å². The van der Waals surface area contributed by atoms with Gasteiger partial charge in [0.2, 0.25) is 0 Å². The summed E-state index contributed by atoms with van der Waals surface area (Å²) in [5.41, 5.74) is 6.06. The second-order valence-corrected chi connectivity index (χ2v) is 8.67. The van der Waals surface area contributed by atoms with Crippen molar-refractivity contribution in [1.29, 1.82) is 0 Å². The fraction of sp³-hybridized carbons (Fsp3) is 0.800. The van der Waals surface area contributed by atoms with Crippen LogP contribution in [0.5, 0.6) is 0 Å². The maximum Gasteiger partial charge on any atom is -0.0114 e. The SMILES string of the molecule is C=C1CCC[C@@]2(C)CCC3=C(C)CCC(CC12)C3(C)C. The van der Waals surface area contributed by atoms with Crippen molar-refractivity contribution < 1.29 is 0 Å². The van der Waals surface area contributed by atoms with E-state index >= 15 is 0 Å². The highest BCUT2D eigenvalue weighted by atomic mass is 14.5. The number of hydrogen-bond acceptors (Lipinski definition) is 0. The molecule has 0 nitrogen and oxygen atoms in total. The molecule has 2 fully saturated rings. The lowest BCUT2D eigenvalue weighted by Crippen LogP contribution is -2.41.